The maximum atomic E-state index is 11.8. The molecule has 0 aliphatic carbocycles. The fourth-order valence-corrected chi connectivity index (χ4v) is 1.86. The van der Waals surface area contributed by atoms with Crippen LogP contribution in [0.2, 0.25) is 5.02 Å². The van der Waals surface area contributed by atoms with Crippen molar-refractivity contribution in [2.45, 2.75) is 13.5 Å². The largest absolute Gasteiger partial charge is 0.472 e. The zero-order chi connectivity index (χ0) is 14.5. The molecule has 2 rings (SSSR count). The van der Waals surface area contributed by atoms with Gasteiger partial charge in [0, 0.05) is 16.7 Å². The number of carbonyl (C=O) groups excluding carboxylic acids is 1. The normalized spacial score (nSPS) is 10.3. The first-order valence-corrected chi connectivity index (χ1v) is 6.32. The Labute approximate surface area is 120 Å². The number of halogens is 1. The van der Waals surface area contributed by atoms with Crippen LogP contribution in [0.25, 0.3) is 0 Å². The van der Waals surface area contributed by atoms with E-state index < -0.39 is 5.97 Å². The molecule has 1 aromatic carbocycles. The highest BCUT2D eigenvalue weighted by molar-refractivity contribution is 6.31. The van der Waals surface area contributed by atoms with Crippen LogP contribution in [-0.4, -0.2) is 27.7 Å². The van der Waals surface area contributed by atoms with Gasteiger partial charge in [-0.2, -0.15) is 0 Å². The van der Waals surface area contributed by atoms with Crippen LogP contribution in [0.1, 0.15) is 22.8 Å². The molecule has 0 aliphatic heterocycles. The molecule has 2 aromatic rings. The number of benzene rings is 1. The smallest absolute Gasteiger partial charge is 0.338 e. The van der Waals surface area contributed by atoms with Gasteiger partial charge < -0.3 is 14.7 Å². The molecule has 7 heteroatoms. The number of aromatic nitrogens is 2. The van der Waals surface area contributed by atoms with Crippen molar-refractivity contribution < 1.29 is 19.5 Å². The lowest BCUT2D eigenvalue weighted by atomic mass is 10.1. The van der Waals surface area contributed by atoms with Gasteiger partial charge >= 0.3 is 5.97 Å². The molecule has 0 saturated carbocycles. The molecule has 0 radical (unpaired) electrons. The van der Waals surface area contributed by atoms with Crippen molar-refractivity contribution in [2.24, 2.45) is 0 Å². The summed E-state index contributed by atoms with van der Waals surface area (Å²) in [6.07, 6.45) is 1.33. The zero-order valence-corrected chi connectivity index (χ0v) is 11.5. The Morgan fingerprint density at radius 2 is 2.25 bits per heavy atom. The molecule has 0 bridgehead atoms. The Bertz CT molecular complexity index is 612. The van der Waals surface area contributed by atoms with Gasteiger partial charge in [-0.15, -0.1) is 4.85 Å². The predicted octanol–water partition coefficient (Wildman–Crippen LogP) is 2.53. The average Bonchev–Trinajstić information content (AvgIpc) is 2.83. The van der Waals surface area contributed by atoms with E-state index in [0.29, 0.717) is 21.0 Å². The molecule has 1 heterocycles. The molecule has 0 amide bonds. The maximum absolute atomic E-state index is 11.8. The van der Waals surface area contributed by atoms with Gasteiger partial charge in [-0.25, -0.2) is 4.79 Å². The highest BCUT2D eigenvalue weighted by atomic mass is 35.5. The second kappa shape index (κ2) is 6.29. The van der Waals surface area contributed by atoms with Crippen molar-refractivity contribution in [3.63, 3.8) is 0 Å². The summed E-state index contributed by atoms with van der Waals surface area (Å²) in [6, 6.07) is 6.43. The molecule has 0 unspecified atom stereocenters. The number of carbonyl (C=O) groups is 1. The van der Waals surface area contributed by atoms with Crippen LogP contribution < -0.4 is 4.74 Å². The van der Waals surface area contributed by atoms with Crippen molar-refractivity contribution in [1.82, 2.24) is 9.94 Å². The third-order valence-electron chi connectivity index (χ3n) is 2.53. The maximum Gasteiger partial charge on any atom is 0.338 e. The van der Waals surface area contributed by atoms with Crippen molar-refractivity contribution in [3.8, 4) is 5.88 Å². The number of esters is 1. The van der Waals surface area contributed by atoms with Crippen LogP contribution in [0.5, 0.6) is 5.88 Å². The van der Waals surface area contributed by atoms with E-state index in [2.05, 4.69) is 5.10 Å². The lowest BCUT2D eigenvalue weighted by Crippen LogP contribution is -2.10. The Hall–Kier alpha value is -2.21. The summed E-state index contributed by atoms with van der Waals surface area (Å²) >= 11 is 6.08. The minimum absolute atomic E-state index is 0.0465. The Morgan fingerprint density at radius 1 is 1.45 bits per heavy atom. The summed E-state index contributed by atoms with van der Waals surface area (Å²) in [4.78, 5) is 12.5. The van der Waals surface area contributed by atoms with Gasteiger partial charge in [0.1, 0.15) is 6.61 Å². The zero-order valence-electron chi connectivity index (χ0n) is 10.7. The summed E-state index contributed by atoms with van der Waals surface area (Å²) in [5, 5.41) is 13.1. The van der Waals surface area contributed by atoms with Crippen LogP contribution in [0.15, 0.2) is 30.5 Å². The molecule has 0 spiro atoms. The summed E-state index contributed by atoms with van der Waals surface area (Å²) < 4.78 is 10.3. The number of hydrogen-bond acceptors (Lipinski definition) is 5. The van der Waals surface area contributed by atoms with Gasteiger partial charge in [-0.05, 0) is 19.1 Å². The van der Waals surface area contributed by atoms with E-state index in [1.54, 1.807) is 25.1 Å². The van der Waals surface area contributed by atoms with Gasteiger partial charge in [-0.3, -0.25) is 0 Å². The van der Waals surface area contributed by atoms with E-state index >= 15 is 0 Å². The number of nitrogens with zero attached hydrogens (tertiary/aromatic N) is 2. The second-order valence-corrected chi connectivity index (χ2v) is 4.26. The van der Waals surface area contributed by atoms with Crippen molar-refractivity contribution in [2.75, 3.05) is 6.61 Å². The summed E-state index contributed by atoms with van der Waals surface area (Å²) in [5.74, 6) is -0.233. The van der Waals surface area contributed by atoms with Crippen LogP contribution in [0.3, 0.4) is 0 Å². The molecule has 1 N–H and O–H groups in total. The molecule has 0 fully saturated rings. The topological polar surface area (TPSA) is 73.6 Å². The minimum Gasteiger partial charge on any atom is -0.472 e. The standard InChI is InChI=1S/C13H13ClN2O4/c1-2-19-13(17)9-4-3-5-11(14)10(9)8-20-12-6-7-16(18)15-12/h3-7,18H,2,8H2,1H3. The molecule has 1 aromatic heterocycles. The first-order valence-electron chi connectivity index (χ1n) is 5.94. The second-order valence-electron chi connectivity index (χ2n) is 3.85. The Kier molecular flexibility index (Phi) is 4.47. The Balaban J connectivity index is 2.19. The lowest BCUT2D eigenvalue weighted by Gasteiger charge is -2.10. The summed E-state index contributed by atoms with van der Waals surface area (Å²) in [5.41, 5.74) is 0.864. The van der Waals surface area contributed by atoms with Gasteiger partial charge in [0.25, 0.3) is 0 Å². The van der Waals surface area contributed by atoms with E-state index in [4.69, 9.17) is 26.3 Å². The van der Waals surface area contributed by atoms with E-state index in [9.17, 15) is 4.79 Å². The summed E-state index contributed by atoms with van der Waals surface area (Å²) in [6.45, 7) is 2.05. The molecular formula is C13H13ClN2O4. The molecule has 0 aliphatic rings. The van der Waals surface area contributed by atoms with Gasteiger partial charge in [0.15, 0.2) is 0 Å². The fourth-order valence-electron chi connectivity index (χ4n) is 1.63. The first kappa shape index (κ1) is 14.2. The fraction of sp³-hybridized carbons (Fsp3) is 0.231. The molecule has 6 nitrogen and oxygen atoms in total. The van der Waals surface area contributed by atoms with Crippen LogP contribution in [-0.2, 0) is 11.3 Å². The molecule has 0 atom stereocenters. The highest BCUT2D eigenvalue weighted by Crippen LogP contribution is 2.22. The quantitative estimate of drug-likeness (QED) is 0.678. The predicted molar refractivity (Wildman–Crippen MR) is 71.2 cm³/mol. The van der Waals surface area contributed by atoms with E-state index in [1.165, 1.54) is 12.3 Å². The van der Waals surface area contributed by atoms with E-state index in [0.717, 1.165) is 0 Å². The Morgan fingerprint density at radius 3 is 2.90 bits per heavy atom. The minimum atomic E-state index is -0.457. The van der Waals surface area contributed by atoms with Crippen LogP contribution >= 0.6 is 11.6 Å². The number of ether oxygens (including phenoxy) is 2. The van der Waals surface area contributed by atoms with Crippen molar-refractivity contribution in [1.29, 1.82) is 0 Å². The highest BCUT2D eigenvalue weighted by Gasteiger charge is 2.16. The first-order chi connectivity index (χ1) is 9.61. The van der Waals surface area contributed by atoms with E-state index in [1.807, 2.05) is 0 Å². The number of rotatable bonds is 5. The average molecular weight is 297 g/mol. The van der Waals surface area contributed by atoms with Gasteiger partial charge in [0.2, 0.25) is 5.88 Å². The van der Waals surface area contributed by atoms with Crippen molar-refractivity contribution in [3.05, 3.63) is 46.6 Å². The number of hydrogen-bond donors (Lipinski definition) is 1. The van der Waals surface area contributed by atoms with E-state index in [-0.39, 0.29) is 19.1 Å². The molecule has 106 valence electrons. The van der Waals surface area contributed by atoms with Gasteiger partial charge in [-0.1, -0.05) is 22.8 Å². The molecule has 20 heavy (non-hydrogen) atoms. The molecule has 0 saturated heterocycles. The summed E-state index contributed by atoms with van der Waals surface area (Å²) in [7, 11) is 0. The third-order valence-corrected chi connectivity index (χ3v) is 2.88. The van der Waals surface area contributed by atoms with Crippen LogP contribution in [0, 0.1) is 0 Å². The van der Waals surface area contributed by atoms with Gasteiger partial charge in [0.05, 0.1) is 18.4 Å². The molecular weight excluding hydrogens is 284 g/mol. The SMILES string of the molecule is CCOC(=O)c1cccc(Cl)c1COc1ccn(O)n1. The van der Waals surface area contributed by atoms with Crippen molar-refractivity contribution >= 4 is 17.6 Å². The van der Waals surface area contributed by atoms with Crippen LogP contribution in [0.4, 0.5) is 0 Å². The third kappa shape index (κ3) is 3.21. The lowest BCUT2D eigenvalue weighted by molar-refractivity contribution is 0.0523. The monoisotopic (exact) mass is 296 g/mol.